The van der Waals surface area contributed by atoms with Crippen molar-refractivity contribution in [2.24, 2.45) is 0 Å². The molecule has 1 aromatic heterocycles. The molecule has 5 heterocycles. The largest absolute Gasteiger partial charge is 0.492 e. The fraction of sp³-hybridized carbons (Fsp3) is 0.389. The maximum Gasteiger partial charge on any atom is 0.246 e. The molecule has 0 unspecified atom stereocenters. The van der Waals surface area contributed by atoms with Crippen molar-refractivity contribution in [3.05, 3.63) is 89.1 Å². The summed E-state index contributed by atoms with van der Waals surface area (Å²) in [4.78, 5) is 40.3. The van der Waals surface area contributed by atoms with E-state index < -0.39 is 12.1 Å². The molecule has 2 amide bonds. The molecule has 46 heavy (non-hydrogen) atoms. The minimum Gasteiger partial charge on any atom is -0.492 e. The van der Waals surface area contributed by atoms with Crippen LogP contribution in [0.25, 0.3) is 10.9 Å². The van der Waals surface area contributed by atoms with Gasteiger partial charge in [0.25, 0.3) is 0 Å². The smallest absolute Gasteiger partial charge is 0.246 e. The number of H-pyrrole nitrogens is 1. The molecule has 0 saturated carbocycles. The monoisotopic (exact) mass is 621 g/mol. The number of para-hydroxylation sites is 1. The third kappa shape index (κ3) is 5.15. The molecular formula is C36H39N5O5. The summed E-state index contributed by atoms with van der Waals surface area (Å²) in [6, 6.07) is 21.3. The molecule has 0 spiro atoms. The van der Waals surface area contributed by atoms with Gasteiger partial charge in [-0.1, -0.05) is 36.4 Å². The maximum atomic E-state index is 14.4. The molecule has 0 aliphatic carbocycles. The van der Waals surface area contributed by atoms with Crippen LogP contribution in [0.5, 0.6) is 17.2 Å². The Balaban J connectivity index is 1.02. The fourth-order valence-electron chi connectivity index (χ4n) is 7.53. The van der Waals surface area contributed by atoms with Crippen LogP contribution in [0.2, 0.25) is 0 Å². The summed E-state index contributed by atoms with van der Waals surface area (Å²) in [5.41, 5.74) is 5.18. The van der Waals surface area contributed by atoms with Gasteiger partial charge >= 0.3 is 0 Å². The Bertz CT molecular complexity index is 1790. The number of likely N-dealkylation sites (tertiary alicyclic amines) is 1. The number of fused-ring (bicyclic) bond motifs is 5. The number of aromatic amines is 1. The predicted octanol–water partition coefficient (Wildman–Crippen LogP) is 3.80. The van der Waals surface area contributed by atoms with Crippen LogP contribution in [0.4, 0.5) is 0 Å². The van der Waals surface area contributed by atoms with Crippen molar-refractivity contribution < 1.29 is 23.8 Å². The van der Waals surface area contributed by atoms with E-state index in [-0.39, 0.29) is 31.2 Å². The van der Waals surface area contributed by atoms with Gasteiger partial charge in [0.1, 0.15) is 24.9 Å². The summed E-state index contributed by atoms with van der Waals surface area (Å²) in [5.74, 6) is 2.23. The number of nitrogens with one attached hydrogen (secondary N) is 1. The van der Waals surface area contributed by atoms with E-state index >= 15 is 0 Å². The molecule has 10 heteroatoms. The highest BCUT2D eigenvalue weighted by molar-refractivity contribution is 5.98. The van der Waals surface area contributed by atoms with Crippen molar-refractivity contribution in [1.82, 2.24) is 24.6 Å². The Morgan fingerprint density at radius 3 is 2.67 bits per heavy atom. The van der Waals surface area contributed by atoms with Crippen LogP contribution in [-0.2, 0) is 22.6 Å². The summed E-state index contributed by atoms with van der Waals surface area (Å²) in [5, 5.41) is 1.10. The van der Waals surface area contributed by atoms with Crippen LogP contribution in [0.15, 0.2) is 66.7 Å². The van der Waals surface area contributed by atoms with Gasteiger partial charge in [-0.25, -0.2) is 0 Å². The van der Waals surface area contributed by atoms with Crippen LogP contribution in [0.1, 0.15) is 34.8 Å². The predicted molar refractivity (Wildman–Crippen MR) is 173 cm³/mol. The standard InChI is InChI=1S/C36H39N5O5/c1-38(2)15-16-44-26-10-7-23(8-11-26)19-39-14-13-25(20-39)40-21-33(42)41-30(36(40)43)18-28-27-5-3-4-6-29(27)37-34(28)35(41)24-9-12-31-32(17-24)46-22-45-31/h3-12,17,25,30,35,37H,13-16,18-22H2,1-2H3/t25-,30+,35+/m0/s1. The summed E-state index contributed by atoms with van der Waals surface area (Å²) in [6.45, 7) is 4.21. The minimum atomic E-state index is -0.572. The molecule has 4 aromatic rings. The average molecular weight is 622 g/mol. The first kappa shape index (κ1) is 28.9. The molecule has 0 bridgehead atoms. The fourth-order valence-corrected chi connectivity index (χ4v) is 7.53. The summed E-state index contributed by atoms with van der Waals surface area (Å²) < 4.78 is 17.1. The van der Waals surface area contributed by atoms with Gasteiger partial charge in [-0.3, -0.25) is 14.5 Å². The van der Waals surface area contributed by atoms with Crippen LogP contribution >= 0.6 is 0 Å². The molecule has 3 atom stereocenters. The van der Waals surface area contributed by atoms with Crippen molar-refractivity contribution in [3.63, 3.8) is 0 Å². The third-order valence-electron chi connectivity index (χ3n) is 9.83. The van der Waals surface area contributed by atoms with Crippen LogP contribution < -0.4 is 14.2 Å². The highest BCUT2D eigenvalue weighted by Crippen LogP contribution is 2.45. The normalized spacial score (nSPS) is 22.5. The molecule has 8 rings (SSSR count). The van der Waals surface area contributed by atoms with Crippen molar-refractivity contribution in [1.29, 1.82) is 0 Å². The Morgan fingerprint density at radius 2 is 1.83 bits per heavy atom. The first-order valence-electron chi connectivity index (χ1n) is 16.1. The number of rotatable bonds is 8. The number of carbonyl (C=O) groups excluding carboxylic acids is 2. The molecule has 2 saturated heterocycles. The molecule has 3 aromatic carbocycles. The molecule has 10 nitrogen and oxygen atoms in total. The first-order valence-corrected chi connectivity index (χ1v) is 16.1. The van der Waals surface area contributed by atoms with E-state index in [1.807, 2.05) is 66.4 Å². The zero-order chi connectivity index (χ0) is 31.4. The molecule has 0 radical (unpaired) electrons. The number of ether oxygens (including phenoxy) is 3. The van der Waals surface area contributed by atoms with Gasteiger partial charge in [0.05, 0.1) is 6.04 Å². The van der Waals surface area contributed by atoms with Gasteiger partial charge in [0.2, 0.25) is 18.6 Å². The topological polar surface area (TPSA) is 90.6 Å². The highest BCUT2D eigenvalue weighted by Gasteiger charge is 2.50. The van der Waals surface area contributed by atoms with Crippen molar-refractivity contribution in [3.8, 4) is 17.2 Å². The molecular weight excluding hydrogens is 582 g/mol. The lowest BCUT2D eigenvalue weighted by molar-refractivity contribution is -0.160. The second kappa shape index (κ2) is 11.7. The van der Waals surface area contributed by atoms with Crippen LogP contribution in [-0.4, -0.2) is 102 Å². The molecule has 1 N–H and O–H groups in total. The van der Waals surface area contributed by atoms with E-state index in [1.54, 1.807) is 0 Å². The van der Waals surface area contributed by atoms with Crippen LogP contribution in [0, 0.1) is 0 Å². The number of hydrogen-bond donors (Lipinski definition) is 1. The Morgan fingerprint density at radius 1 is 1.00 bits per heavy atom. The number of likely N-dealkylation sites (N-methyl/N-ethyl adjacent to an activating group) is 1. The zero-order valence-electron chi connectivity index (χ0n) is 26.3. The first-order chi connectivity index (χ1) is 22.4. The van der Waals surface area contributed by atoms with Gasteiger partial charge in [0, 0.05) is 55.2 Å². The lowest BCUT2D eigenvalue weighted by Gasteiger charge is -2.48. The number of amides is 2. The van der Waals surface area contributed by atoms with Gasteiger partial charge in [-0.2, -0.15) is 0 Å². The van der Waals surface area contributed by atoms with Gasteiger partial charge in [0.15, 0.2) is 11.5 Å². The highest BCUT2D eigenvalue weighted by atomic mass is 16.7. The Hall–Kier alpha value is -4.54. The van der Waals surface area contributed by atoms with E-state index in [4.69, 9.17) is 14.2 Å². The van der Waals surface area contributed by atoms with E-state index in [1.165, 1.54) is 5.56 Å². The molecule has 2 fully saturated rings. The summed E-state index contributed by atoms with van der Waals surface area (Å²) in [7, 11) is 4.07. The van der Waals surface area contributed by atoms with E-state index in [0.29, 0.717) is 24.5 Å². The number of benzene rings is 3. The quantitative estimate of drug-likeness (QED) is 0.320. The minimum absolute atomic E-state index is 0.000555. The molecule has 4 aliphatic rings. The number of nitrogens with zero attached hydrogens (tertiary/aromatic N) is 4. The van der Waals surface area contributed by atoms with Gasteiger partial charge in [-0.05, 0) is 67.5 Å². The Kier molecular flexibility index (Phi) is 7.33. The van der Waals surface area contributed by atoms with Gasteiger partial charge < -0.3 is 33.9 Å². The second-order valence-electron chi connectivity index (χ2n) is 13.0. The SMILES string of the molecule is CN(C)CCOc1ccc(CN2CC[C@H](N3CC(=O)N4[C@H](c5ccc6c(c5)OCO6)c5[nH]c6ccccc6c5C[C@@H]4C3=O)C2)cc1. The molecule has 4 aliphatic heterocycles. The number of aromatic nitrogens is 1. The van der Waals surface area contributed by atoms with E-state index in [9.17, 15) is 9.59 Å². The Labute approximate surface area is 268 Å². The van der Waals surface area contributed by atoms with Gasteiger partial charge in [-0.15, -0.1) is 0 Å². The number of hydrogen-bond acceptors (Lipinski definition) is 7. The summed E-state index contributed by atoms with van der Waals surface area (Å²) in [6.07, 6.45) is 1.34. The third-order valence-corrected chi connectivity index (χ3v) is 9.83. The number of carbonyl (C=O) groups is 2. The van der Waals surface area contributed by atoms with E-state index in [0.717, 1.165) is 66.1 Å². The number of piperazine rings is 1. The maximum absolute atomic E-state index is 14.4. The summed E-state index contributed by atoms with van der Waals surface area (Å²) >= 11 is 0. The average Bonchev–Trinajstić information content (AvgIpc) is 3.81. The molecule has 238 valence electrons. The zero-order valence-corrected chi connectivity index (χ0v) is 26.3. The van der Waals surface area contributed by atoms with E-state index in [2.05, 4.69) is 39.0 Å². The van der Waals surface area contributed by atoms with Crippen molar-refractivity contribution >= 4 is 22.7 Å². The van der Waals surface area contributed by atoms with Crippen molar-refractivity contribution in [2.75, 3.05) is 53.7 Å². The van der Waals surface area contributed by atoms with Crippen LogP contribution in [0.3, 0.4) is 0 Å². The lowest BCUT2D eigenvalue weighted by atomic mass is 9.85. The lowest BCUT2D eigenvalue weighted by Crippen LogP contribution is -2.65. The van der Waals surface area contributed by atoms with Crippen molar-refractivity contribution in [2.45, 2.75) is 37.5 Å². The second-order valence-corrected chi connectivity index (χ2v) is 13.0.